The maximum absolute atomic E-state index is 10.7. The summed E-state index contributed by atoms with van der Waals surface area (Å²) in [6, 6.07) is 0. The minimum absolute atomic E-state index is 0.208. The van der Waals surface area contributed by atoms with E-state index in [1.54, 1.807) is 0 Å². The third-order valence-corrected chi connectivity index (χ3v) is 3.90. The molecular weight excluding hydrogens is 242 g/mol. The summed E-state index contributed by atoms with van der Waals surface area (Å²) < 4.78 is 4.96. The molecule has 6 nitrogen and oxygen atoms in total. The van der Waals surface area contributed by atoms with Crippen LogP contribution in [0.5, 0.6) is 0 Å². The molecule has 3 N–H and O–H groups in total. The number of nitrogen functional groups attached to an aromatic ring is 1. The smallest absolute Gasteiger partial charge is 0.377 e. The number of hydrogen-bond acceptors (Lipinski definition) is 6. The van der Waals surface area contributed by atoms with Crippen molar-refractivity contribution in [3.05, 3.63) is 16.3 Å². The molecular formula is C10H9N3O3S. The minimum atomic E-state index is -1.20. The maximum Gasteiger partial charge on any atom is 0.377 e. The van der Waals surface area contributed by atoms with Crippen molar-refractivity contribution in [2.75, 3.05) is 5.73 Å². The van der Waals surface area contributed by atoms with Gasteiger partial charge >= 0.3 is 5.97 Å². The summed E-state index contributed by atoms with van der Waals surface area (Å²) in [4.78, 5) is 15.8. The minimum Gasteiger partial charge on any atom is -0.475 e. The van der Waals surface area contributed by atoms with Crippen molar-refractivity contribution in [1.82, 2.24) is 10.1 Å². The maximum atomic E-state index is 10.7. The van der Waals surface area contributed by atoms with Gasteiger partial charge in [-0.25, -0.2) is 4.79 Å². The Morgan fingerprint density at radius 1 is 1.47 bits per heavy atom. The molecule has 2 aromatic heterocycles. The van der Waals surface area contributed by atoms with Gasteiger partial charge in [-0.3, -0.25) is 0 Å². The predicted octanol–water partition coefficient (Wildman–Crippen LogP) is 1.57. The number of nitrogens with zero attached hydrogens (tertiary/aromatic N) is 2. The van der Waals surface area contributed by atoms with Crippen LogP contribution in [0.1, 0.15) is 27.5 Å². The van der Waals surface area contributed by atoms with Crippen molar-refractivity contribution in [1.29, 1.82) is 0 Å². The van der Waals surface area contributed by atoms with E-state index in [0.29, 0.717) is 5.00 Å². The highest BCUT2D eigenvalue weighted by molar-refractivity contribution is 7.16. The van der Waals surface area contributed by atoms with E-state index in [1.807, 2.05) is 0 Å². The number of rotatable bonds is 2. The molecule has 0 aliphatic heterocycles. The number of aromatic carboxylic acids is 1. The molecule has 7 heteroatoms. The van der Waals surface area contributed by atoms with E-state index < -0.39 is 5.97 Å². The van der Waals surface area contributed by atoms with Gasteiger partial charge in [-0.2, -0.15) is 4.98 Å². The molecule has 88 valence electrons. The average molecular weight is 251 g/mol. The van der Waals surface area contributed by atoms with Gasteiger partial charge in [0.05, 0.1) is 10.6 Å². The van der Waals surface area contributed by atoms with Gasteiger partial charge in [-0.1, -0.05) is 0 Å². The van der Waals surface area contributed by atoms with Gasteiger partial charge in [0, 0.05) is 4.88 Å². The Kier molecular flexibility index (Phi) is 2.15. The third-order valence-electron chi connectivity index (χ3n) is 2.78. The molecule has 0 radical (unpaired) electrons. The molecule has 2 heterocycles. The summed E-state index contributed by atoms with van der Waals surface area (Å²) in [6.07, 6.45) is 3.04. The number of aryl methyl sites for hydroxylation is 1. The second kappa shape index (κ2) is 3.56. The normalized spacial score (nSPS) is 13.9. The number of anilines is 1. The fourth-order valence-electron chi connectivity index (χ4n) is 2.07. The predicted molar refractivity (Wildman–Crippen MR) is 61.0 cm³/mol. The summed E-state index contributed by atoms with van der Waals surface area (Å²) in [5.41, 5.74) is 7.77. The van der Waals surface area contributed by atoms with Crippen molar-refractivity contribution < 1.29 is 14.4 Å². The van der Waals surface area contributed by atoms with Gasteiger partial charge in [-0.15, -0.1) is 11.3 Å². The molecule has 0 amide bonds. The second-order valence-electron chi connectivity index (χ2n) is 3.82. The monoisotopic (exact) mass is 251 g/mol. The standard InChI is InChI=1S/C10H9N3O3S/c11-7-6(4-2-1-3-5(4)17-7)9-12-8(10(14)15)13-16-9/h1-3,11H2,(H,14,15). The lowest BCUT2D eigenvalue weighted by Crippen LogP contribution is -1.98. The molecule has 0 saturated heterocycles. The highest BCUT2D eigenvalue weighted by Crippen LogP contribution is 2.42. The van der Waals surface area contributed by atoms with Gasteiger partial charge in [0.2, 0.25) is 0 Å². The molecule has 1 aliphatic rings. The first kappa shape index (κ1) is 10.3. The van der Waals surface area contributed by atoms with E-state index in [4.69, 9.17) is 15.4 Å². The van der Waals surface area contributed by atoms with Gasteiger partial charge in [-0.05, 0) is 30.0 Å². The number of carbonyl (C=O) groups is 1. The summed E-state index contributed by atoms with van der Waals surface area (Å²) in [5, 5.41) is 12.8. The zero-order chi connectivity index (χ0) is 12.0. The van der Waals surface area contributed by atoms with E-state index in [9.17, 15) is 4.79 Å². The average Bonchev–Trinajstić information content (AvgIpc) is 2.91. The number of hydrogen-bond donors (Lipinski definition) is 2. The third kappa shape index (κ3) is 1.50. The number of carboxylic acids is 1. The topological polar surface area (TPSA) is 102 Å². The molecule has 0 spiro atoms. The Hall–Kier alpha value is -1.89. The Balaban J connectivity index is 2.11. The van der Waals surface area contributed by atoms with E-state index in [1.165, 1.54) is 16.2 Å². The molecule has 0 bridgehead atoms. The van der Waals surface area contributed by atoms with Crippen LogP contribution in [0.3, 0.4) is 0 Å². The van der Waals surface area contributed by atoms with Crippen LogP contribution in [0.4, 0.5) is 5.00 Å². The van der Waals surface area contributed by atoms with Crippen molar-refractivity contribution in [2.24, 2.45) is 0 Å². The summed E-state index contributed by atoms with van der Waals surface area (Å²) in [6.45, 7) is 0. The quantitative estimate of drug-likeness (QED) is 0.839. The van der Waals surface area contributed by atoms with Gasteiger partial charge in [0.15, 0.2) is 0 Å². The first-order valence-corrected chi connectivity index (χ1v) is 5.96. The van der Waals surface area contributed by atoms with Crippen LogP contribution < -0.4 is 5.73 Å². The number of carboxylic acid groups (broad SMARTS) is 1. The van der Waals surface area contributed by atoms with E-state index in [-0.39, 0.29) is 11.7 Å². The lowest BCUT2D eigenvalue weighted by molar-refractivity contribution is 0.0680. The van der Waals surface area contributed by atoms with Crippen LogP contribution in [-0.2, 0) is 12.8 Å². The zero-order valence-corrected chi connectivity index (χ0v) is 9.58. The number of aromatic nitrogens is 2. The largest absolute Gasteiger partial charge is 0.475 e. The van der Waals surface area contributed by atoms with Crippen LogP contribution in [0.2, 0.25) is 0 Å². The van der Waals surface area contributed by atoms with Gasteiger partial charge in [0.25, 0.3) is 11.7 Å². The van der Waals surface area contributed by atoms with Gasteiger partial charge in [0.1, 0.15) is 0 Å². The lowest BCUT2D eigenvalue weighted by atomic mass is 10.1. The van der Waals surface area contributed by atoms with Crippen LogP contribution >= 0.6 is 11.3 Å². The summed E-state index contributed by atoms with van der Waals surface area (Å²) in [7, 11) is 0. The van der Waals surface area contributed by atoms with Crippen molar-refractivity contribution in [2.45, 2.75) is 19.3 Å². The van der Waals surface area contributed by atoms with Crippen molar-refractivity contribution >= 4 is 22.3 Å². The Labute approximate surface area is 100 Å². The molecule has 0 saturated carbocycles. The molecule has 0 atom stereocenters. The Morgan fingerprint density at radius 3 is 3.00 bits per heavy atom. The lowest BCUT2D eigenvalue weighted by Gasteiger charge is -1.95. The fraction of sp³-hybridized carbons (Fsp3) is 0.300. The number of nitrogens with two attached hydrogens (primary N) is 1. The highest BCUT2D eigenvalue weighted by atomic mass is 32.1. The number of fused-ring (bicyclic) bond motifs is 1. The van der Waals surface area contributed by atoms with E-state index >= 15 is 0 Å². The molecule has 17 heavy (non-hydrogen) atoms. The van der Waals surface area contributed by atoms with E-state index in [0.717, 1.165) is 30.4 Å². The molecule has 2 aromatic rings. The first-order chi connectivity index (χ1) is 8.16. The number of thiophene rings is 1. The summed E-state index contributed by atoms with van der Waals surface area (Å²) in [5.74, 6) is -1.33. The second-order valence-corrected chi connectivity index (χ2v) is 4.96. The van der Waals surface area contributed by atoms with Crippen LogP contribution in [0.15, 0.2) is 4.52 Å². The molecule has 0 aromatic carbocycles. The highest BCUT2D eigenvalue weighted by Gasteiger charge is 2.26. The molecule has 0 fully saturated rings. The van der Waals surface area contributed by atoms with Crippen LogP contribution in [0, 0.1) is 0 Å². The van der Waals surface area contributed by atoms with Crippen LogP contribution in [-0.4, -0.2) is 21.2 Å². The SMILES string of the molecule is Nc1sc2c(c1-c1nc(C(=O)O)no1)CCC2. The Morgan fingerprint density at radius 2 is 2.29 bits per heavy atom. The zero-order valence-electron chi connectivity index (χ0n) is 8.77. The fourth-order valence-corrected chi connectivity index (χ4v) is 3.22. The molecule has 3 rings (SSSR count). The van der Waals surface area contributed by atoms with Crippen molar-refractivity contribution in [3.63, 3.8) is 0 Å². The first-order valence-electron chi connectivity index (χ1n) is 5.14. The van der Waals surface area contributed by atoms with Gasteiger partial charge < -0.3 is 15.4 Å². The van der Waals surface area contributed by atoms with E-state index in [2.05, 4.69) is 10.1 Å². The van der Waals surface area contributed by atoms with Crippen molar-refractivity contribution in [3.8, 4) is 11.5 Å². The molecule has 1 aliphatic carbocycles. The molecule has 0 unspecified atom stereocenters. The van der Waals surface area contributed by atoms with Crippen LogP contribution in [0.25, 0.3) is 11.5 Å². The summed E-state index contributed by atoms with van der Waals surface area (Å²) >= 11 is 1.52. The Bertz CT molecular complexity index is 602.